The predicted molar refractivity (Wildman–Crippen MR) is 94.2 cm³/mol. The molecule has 8 heteroatoms. The van der Waals surface area contributed by atoms with Gasteiger partial charge in [-0.1, -0.05) is 13.8 Å². The summed E-state index contributed by atoms with van der Waals surface area (Å²) >= 11 is 0. The van der Waals surface area contributed by atoms with E-state index in [1.807, 2.05) is 18.7 Å². The molecule has 0 amide bonds. The lowest BCUT2D eigenvalue weighted by atomic mass is 9.88. The van der Waals surface area contributed by atoms with E-state index in [4.69, 9.17) is 0 Å². The zero-order chi connectivity index (χ0) is 19.6. The molecule has 0 unspecified atom stereocenters. The van der Waals surface area contributed by atoms with Gasteiger partial charge in [-0.05, 0) is 25.7 Å². The molecule has 0 atom stereocenters. The summed E-state index contributed by atoms with van der Waals surface area (Å²) in [5.41, 5.74) is 1.11. The zero-order valence-electron chi connectivity index (χ0n) is 15.3. The fourth-order valence-electron chi connectivity index (χ4n) is 3.39. The van der Waals surface area contributed by atoms with Crippen molar-refractivity contribution >= 4 is 11.7 Å². The fraction of sp³-hybridized carbons (Fsp3) is 0.474. The van der Waals surface area contributed by atoms with Crippen LogP contribution in [-0.2, 0) is 12.8 Å². The molecule has 0 spiro atoms. The number of carbonyl (C=O) groups excluding carboxylic acids is 1. The van der Waals surface area contributed by atoms with E-state index in [9.17, 15) is 18.0 Å². The topological polar surface area (TPSA) is 59.0 Å². The van der Waals surface area contributed by atoms with Crippen molar-refractivity contribution in [2.45, 2.75) is 39.5 Å². The van der Waals surface area contributed by atoms with Crippen molar-refractivity contribution in [2.24, 2.45) is 5.92 Å². The van der Waals surface area contributed by atoms with Gasteiger partial charge in [-0.25, -0.2) is 18.2 Å². The first kappa shape index (κ1) is 19.3. The van der Waals surface area contributed by atoms with Gasteiger partial charge in [0.25, 0.3) is 0 Å². The Labute approximate surface area is 155 Å². The Morgan fingerprint density at radius 3 is 2.19 bits per heavy atom. The Kier molecular flexibility index (Phi) is 5.72. The average molecular weight is 378 g/mol. The maximum atomic E-state index is 13.9. The number of piperidine rings is 1. The van der Waals surface area contributed by atoms with Gasteiger partial charge in [0.2, 0.25) is 5.95 Å². The minimum absolute atomic E-state index is 0.412. The van der Waals surface area contributed by atoms with Gasteiger partial charge in [0.05, 0.1) is 17.0 Å². The number of nitrogens with zero attached hydrogens (tertiary/aromatic N) is 4. The van der Waals surface area contributed by atoms with Crippen LogP contribution in [0, 0.1) is 23.4 Å². The summed E-state index contributed by atoms with van der Waals surface area (Å²) in [5, 5.41) is 8.39. The van der Waals surface area contributed by atoms with Crippen LogP contribution in [0.25, 0.3) is 0 Å². The fourth-order valence-corrected chi connectivity index (χ4v) is 3.39. The monoisotopic (exact) mass is 378 g/mol. The van der Waals surface area contributed by atoms with Gasteiger partial charge >= 0.3 is 0 Å². The van der Waals surface area contributed by atoms with Crippen molar-refractivity contribution in [3.05, 3.63) is 46.5 Å². The summed E-state index contributed by atoms with van der Waals surface area (Å²) in [7, 11) is 0. The highest BCUT2D eigenvalue weighted by Crippen LogP contribution is 2.27. The van der Waals surface area contributed by atoms with E-state index in [1.54, 1.807) is 0 Å². The minimum Gasteiger partial charge on any atom is -0.339 e. The smallest absolute Gasteiger partial charge is 0.245 e. The second-order valence-electron chi connectivity index (χ2n) is 6.58. The summed E-state index contributed by atoms with van der Waals surface area (Å²) < 4.78 is 40.8. The molecule has 0 saturated carbocycles. The predicted octanol–water partition coefficient (Wildman–Crippen LogP) is 3.51. The Bertz CT molecular complexity index is 828. The Morgan fingerprint density at radius 2 is 1.63 bits per heavy atom. The standard InChI is InChI=1S/C19H21F3N4O/c1-3-15-16(4-2)24-25-19(23-15)26-7-5-11(6-8-26)18(27)17-13(21)9-12(20)10-14(17)22/h9-11H,3-8H2,1-2H3. The number of Topliss-reactive ketones (excluding diaryl/α,β-unsaturated/α-hetero) is 1. The minimum atomic E-state index is -1.16. The van der Waals surface area contributed by atoms with Gasteiger partial charge in [0.15, 0.2) is 5.78 Å². The quantitative estimate of drug-likeness (QED) is 0.745. The van der Waals surface area contributed by atoms with Crippen molar-refractivity contribution in [3.63, 3.8) is 0 Å². The van der Waals surface area contributed by atoms with Gasteiger partial charge in [0.1, 0.15) is 17.5 Å². The highest BCUT2D eigenvalue weighted by molar-refractivity contribution is 5.98. The van der Waals surface area contributed by atoms with Gasteiger partial charge in [-0.3, -0.25) is 4.79 Å². The molecule has 1 fully saturated rings. The molecule has 0 bridgehead atoms. The highest BCUT2D eigenvalue weighted by atomic mass is 19.1. The van der Waals surface area contributed by atoms with E-state index < -0.39 is 34.7 Å². The normalized spacial score (nSPS) is 15.2. The Morgan fingerprint density at radius 1 is 1.04 bits per heavy atom. The number of ketones is 1. The zero-order valence-corrected chi connectivity index (χ0v) is 15.3. The van der Waals surface area contributed by atoms with Crippen LogP contribution >= 0.6 is 0 Å². The lowest BCUT2D eigenvalue weighted by Crippen LogP contribution is -2.38. The Hall–Kier alpha value is -2.51. The van der Waals surface area contributed by atoms with Crippen LogP contribution in [-0.4, -0.2) is 34.1 Å². The van der Waals surface area contributed by atoms with Crippen molar-refractivity contribution in [1.29, 1.82) is 0 Å². The molecule has 144 valence electrons. The van der Waals surface area contributed by atoms with Gasteiger partial charge in [-0.2, -0.15) is 5.10 Å². The van der Waals surface area contributed by atoms with Crippen LogP contribution in [0.4, 0.5) is 19.1 Å². The summed E-state index contributed by atoms with van der Waals surface area (Å²) in [6.45, 7) is 4.97. The summed E-state index contributed by atoms with van der Waals surface area (Å²) in [6, 6.07) is 1.07. The molecule has 2 aromatic rings. The van der Waals surface area contributed by atoms with E-state index in [1.165, 1.54) is 0 Å². The number of hydrogen-bond donors (Lipinski definition) is 0. The number of aryl methyl sites for hydroxylation is 2. The van der Waals surface area contributed by atoms with Crippen molar-refractivity contribution in [2.75, 3.05) is 18.0 Å². The third-order valence-corrected chi connectivity index (χ3v) is 4.90. The molecule has 1 aliphatic rings. The maximum absolute atomic E-state index is 13.9. The maximum Gasteiger partial charge on any atom is 0.245 e. The largest absolute Gasteiger partial charge is 0.339 e. The molecule has 1 aliphatic heterocycles. The summed E-state index contributed by atoms with van der Waals surface area (Å²) in [5.74, 6) is -3.99. The third-order valence-electron chi connectivity index (χ3n) is 4.90. The molecular weight excluding hydrogens is 357 g/mol. The molecule has 0 radical (unpaired) electrons. The van der Waals surface area contributed by atoms with E-state index >= 15 is 0 Å². The highest BCUT2D eigenvalue weighted by Gasteiger charge is 2.31. The number of halogens is 3. The first-order valence-electron chi connectivity index (χ1n) is 9.10. The van der Waals surface area contributed by atoms with Crippen LogP contribution in [0.15, 0.2) is 12.1 Å². The molecule has 0 aliphatic carbocycles. The van der Waals surface area contributed by atoms with Crippen LogP contribution in [0.5, 0.6) is 0 Å². The second-order valence-corrected chi connectivity index (χ2v) is 6.58. The van der Waals surface area contributed by atoms with E-state index in [0.717, 1.165) is 24.2 Å². The molecule has 27 heavy (non-hydrogen) atoms. The Balaban J connectivity index is 1.71. The number of anilines is 1. The van der Waals surface area contributed by atoms with Gasteiger partial charge in [-0.15, -0.1) is 5.10 Å². The third kappa shape index (κ3) is 3.94. The van der Waals surface area contributed by atoms with Crippen molar-refractivity contribution < 1.29 is 18.0 Å². The summed E-state index contributed by atoms with van der Waals surface area (Å²) in [4.78, 5) is 19.0. The van der Waals surface area contributed by atoms with E-state index in [-0.39, 0.29) is 0 Å². The number of benzene rings is 1. The molecule has 1 saturated heterocycles. The van der Waals surface area contributed by atoms with Crippen LogP contribution in [0.3, 0.4) is 0 Å². The molecular formula is C19H21F3N4O. The molecule has 0 N–H and O–H groups in total. The lowest BCUT2D eigenvalue weighted by molar-refractivity contribution is 0.0891. The van der Waals surface area contributed by atoms with E-state index in [0.29, 0.717) is 44.0 Å². The molecule has 5 nitrogen and oxygen atoms in total. The SMILES string of the molecule is CCc1nnc(N2CCC(C(=O)c3c(F)cc(F)cc3F)CC2)nc1CC. The molecule has 2 heterocycles. The van der Waals surface area contributed by atoms with Gasteiger partial charge < -0.3 is 4.90 Å². The number of hydrogen-bond acceptors (Lipinski definition) is 5. The summed E-state index contributed by atoms with van der Waals surface area (Å²) in [6.07, 6.45) is 2.34. The van der Waals surface area contributed by atoms with Crippen LogP contribution in [0.2, 0.25) is 0 Å². The van der Waals surface area contributed by atoms with E-state index in [2.05, 4.69) is 15.2 Å². The second kappa shape index (κ2) is 8.02. The number of aromatic nitrogens is 3. The number of rotatable bonds is 5. The van der Waals surface area contributed by atoms with Gasteiger partial charge in [0, 0.05) is 31.1 Å². The van der Waals surface area contributed by atoms with Crippen molar-refractivity contribution in [1.82, 2.24) is 15.2 Å². The first-order chi connectivity index (χ1) is 12.9. The molecule has 1 aromatic heterocycles. The van der Waals surface area contributed by atoms with Crippen LogP contribution in [0.1, 0.15) is 48.4 Å². The van der Waals surface area contributed by atoms with Crippen molar-refractivity contribution in [3.8, 4) is 0 Å². The lowest BCUT2D eigenvalue weighted by Gasteiger charge is -2.31. The van der Waals surface area contributed by atoms with Crippen LogP contribution < -0.4 is 4.90 Å². The number of carbonyl (C=O) groups is 1. The average Bonchev–Trinajstić information content (AvgIpc) is 2.66. The molecule has 1 aromatic carbocycles. The molecule has 3 rings (SSSR count). The first-order valence-corrected chi connectivity index (χ1v) is 9.10.